The first-order valence-corrected chi connectivity index (χ1v) is 12.7. The number of sulfonamides is 1. The number of benzene rings is 2. The Bertz CT molecular complexity index is 1380. The molecule has 0 fully saturated rings. The molecule has 3 rings (SSSR count). The van der Waals surface area contributed by atoms with Gasteiger partial charge in [-0.15, -0.1) is 0 Å². The Kier molecular flexibility index (Phi) is 9.30. The van der Waals surface area contributed by atoms with Crippen LogP contribution in [0.1, 0.15) is 36.8 Å². The van der Waals surface area contributed by atoms with Gasteiger partial charge in [-0.25, -0.2) is 13.1 Å². The first kappa shape index (κ1) is 27.3. The summed E-state index contributed by atoms with van der Waals surface area (Å²) in [5.41, 5.74) is 0.928. The largest absolute Gasteiger partial charge is 0.496 e. The molecule has 12 heteroatoms. The molecule has 0 spiro atoms. The molecule has 2 aromatic carbocycles. The van der Waals surface area contributed by atoms with Crippen LogP contribution in [-0.4, -0.2) is 63.0 Å². The highest BCUT2D eigenvalue weighted by Crippen LogP contribution is 2.17. The Hall–Kier alpha value is -4.29. The second kappa shape index (κ2) is 12.6. The lowest BCUT2D eigenvalue weighted by Crippen LogP contribution is -2.31. The fourth-order valence-electron chi connectivity index (χ4n) is 3.29. The number of nitrogens with one attached hydrogen (secondary N) is 3. The molecule has 0 atom stereocenters. The van der Waals surface area contributed by atoms with Gasteiger partial charge in [0.1, 0.15) is 11.4 Å². The zero-order valence-corrected chi connectivity index (χ0v) is 20.7. The second-order valence-electron chi connectivity index (χ2n) is 7.69. The molecule has 0 aliphatic rings. The van der Waals surface area contributed by atoms with Gasteiger partial charge in [-0.3, -0.25) is 19.4 Å². The number of aliphatic hydroxyl groups excluding tert-OH is 1. The number of aromatic nitrogens is 1. The van der Waals surface area contributed by atoms with E-state index in [0.717, 1.165) is 11.8 Å². The number of aliphatic hydroxyl groups is 1. The highest BCUT2D eigenvalue weighted by molar-refractivity contribution is 7.90. The van der Waals surface area contributed by atoms with Gasteiger partial charge in [0.05, 0.1) is 24.2 Å². The number of carbonyl (C=O) groups is 3. The van der Waals surface area contributed by atoms with E-state index in [1.165, 1.54) is 36.4 Å². The molecule has 0 saturated carbocycles. The topological polar surface area (TPSA) is 164 Å². The standard InChI is InChI=1S/C25H26N4O7S/c1-36-22-8-3-2-5-17(22)11-12-26-23(31)18-6-4-7-20(15-18)37(34,35)29-24(32)19-9-10-21(28-16-19)25(33)27-13-14-30/h2-10,15-16,30H,11-14H2,1H3,(H,26,31)(H,27,33)(H,29,32). The molecule has 0 unspecified atom stereocenters. The highest BCUT2D eigenvalue weighted by atomic mass is 32.2. The van der Waals surface area contributed by atoms with Crippen LogP contribution in [0.4, 0.5) is 0 Å². The fraction of sp³-hybridized carbons (Fsp3) is 0.200. The molecule has 0 bridgehead atoms. The van der Waals surface area contributed by atoms with Gasteiger partial charge >= 0.3 is 0 Å². The molecule has 3 aromatic rings. The molecule has 194 valence electrons. The number of pyridine rings is 1. The first-order chi connectivity index (χ1) is 17.7. The van der Waals surface area contributed by atoms with Crippen LogP contribution in [0.5, 0.6) is 5.75 Å². The van der Waals surface area contributed by atoms with Crippen LogP contribution in [-0.2, 0) is 16.4 Å². The van der Waals surface area contributed by atoms with Crippen molar-refractivity contribution in [3.8, 4) is 5.75 Å². The van der Waals surface area contributed by atoms with Crippen molar-refractivity contribution in [2.24, 2.45) is 0 Å². The molecule has 1 aromatic heterocycles. The fourth-order valence-corrected chi connectivity index (χ4v) is 4.31. The first-order valence-electron chi connectivity index (χ1n) is 11.2. The number of carbonyl (C=O) groups excluding carboxylic acids is 3. The molecule has 0 aliphatic carbocycles. The summed E-state index contributed by atoms with van der Waals surface area (Å²) in [6.45, 7) is 0.101. The summed E-state index contributed by atoms with van der Waals surface area (Å²) in [6, 6.07) is 15.2. The van der Waals surface area contributed by atoms with Crippen molar-refractivity contribution < 1.29 is 32.6 Å². The number of hydrogen-bond donors (Lipinski definition) is 4. The van der Waals surface area contributed by atoms with Crippen molar-refractivity contribution in [3.05, 3.63) is 89.2 Å². The molecule has 0 aliphatic heterocycles. The molecular weight excluding hydrogens is 500 g/mol. The van der Waals surface area contributed by atoms with E-state index in [0.29, 0.717) is 18.7 Å². The van der Waals surface area contributed by atoms with Crippen LogP contribution in [0, 0.1) is 0 Å². The molecule has 11 nitrogen and oxygen atoms in total. The van der Waals surface area contributed by atoms with Crippen LogP contribution in [0.3, 0.4) is 0 Å². The maximum Gasteiger partial charge on any atom is 0.269 e. The molecular formula is C25H26N4O7S. The maximum absolute atomic E-state index is 12.8. The predicted octanol–water partition coefficient (Wildman–Crippen LogP) is 0.903. The van der Waals surface area contributed by atoms with Gasteiger partial charge in [0.15, 0.2) is 0 Å². The molecule has 0 radical (unpaired) electrons. The third kappa shape index (κ3) is 7.35. The lowest BCUT2D eigenvalue weighted by molar-refractivity contribution is 0.0934. The lowest BCUT2D eigenvalue weighted by Gasteiger charge is -2.10. The van der Waals surface area contributed by atoms with E-state index in [1.54, 1.807) is 7.11 Å². The summed E-state index contributed by atoms with van der Waals surface area (Å²) in [7, 11) is -2.74. The number of amides is 3. The van der Waals surface area contributed by atoms with Crippen molar-refractivity contribution in [1.82, 2.24) is 20.3 Å². The molecule has 0 saturated heterocycles. The minimum Gasteiger partial charge on any atom is -0.496 e. The van der Waals surface area contributed by atoms with Crippen molar-refractivity contribution in [2.45, 2.75) is 11.3 Å². The number of nitrogens with zero attached hydrogens (tertiary/aromatic N) is 1. The van der Waals surface area contributed by atoms with Crippen LogP contribution >= 0.6 is 0 Å². The Labute approximate surface area is 213 Å². The van der Waals surface area contributed by atoms with Gasteiger partial charge in [0.25, 0.3) is 27.7 Å². The molecule has 37 heavy (non-hydrogen) atoms. The lowest BCUT2D eigenvalue weighted by atomic mass is 10.1. The predicted molar refractivity (Wildman–Crippen MR) is 134 cm³/mol. The number of hydrogen-bond acceptors (Lipinski definition) is 8. The summed E-state index contributed by atoms with van der Waals surface area (Å²) in [6.07, 6.45) is 1.57. The van der Waals surface area contributed by atoms with E-state index in [1.807, 2.05) is 29.0 Å². The Balaban J connectivity index is 1.63. The molecule has 1 heterocycles. The van der Waals surface area contributed by atoms with E-state index in [2.05, 4.69) is 15.6 Å². The zero-order valence-electron chi connectivity index (χ0n) is 19.9. The quantitative estimate of drug-likeness (QED) is 0.286. The minimum absolute atomic E-state index is 0.00252. The second-order valence-corrected chi connectivity index (χ2v) is 9.37. The van der Waals surface area contributed by atoms with Crippen molar-refractivity contribution in [2.75, 3.05) is 26.8 Å². The van der Waals surface area contributed by atoms with Crippen LogP contribution in [0.25, 0.3) is 0 Å². The average molecular weight is 527 g/mol. The van der Waals surface area contributed by atoms with Crippen LogP contribution in [0.2, 0.25) is 0 Å². The maximum atomic E-state index is 12.8. The minimum atomic E-state index is -4.31. The van der Waals surface area contributed by atoms with Gasteiger partial charge in [0.2, 0.25) is 0 Å². The van der Waals surface area contributed by atoms with Crippen molar-refractivity contribution in [1.29, 1.82) is 0 Å². The summed E-state index contributed by atoms with van der Waals surface area (Å²) in [5, 5.41) is 13.9. The van der Waals surface area contributed by atoms with Gasteiger partial charge in [-0.05, 0) is 48.4 Å². The number of rotatable bonds is 11. The van der Waals surface area contributed by atoms with Gasteiger partial charge in [-0.1, -0.05) is 24.3 Å². The number of ether oxygens (including phenoxy) is 1. The van der Waals surface area contributed by atoms with E-state index in [-0.39, 0.29) is 34.9 Å². The Morgan fingerprint density at radius 1 is 0.892 bits per heavy atom. The van der Waals surface area contributed by atoms with Crippen LogP contribution < -0.4 is 20.1 Å². The summed E-state index contributed by atoms with van der Waals surface area (Å²) in [5.74, 6) is -1.28. The number of methoxy groups -OCH3 is 1. The van der Waals surface area contributed by atoms with Crippen molar-refractivity contribution >= 4 is 27.7 Å². The third-order valence-corrected chi connectivity index (χ3v) is 6.49. The van der Waals surface area contributed by atoms with Gasteiger partial charge < -0.3 is 20.5 Å². The average Bonchev–Trinajstić information content (AvgIpc) is 2.91. The molecule has 3 amide bonds. The van der Waals surface area contributed by atoms with Gasteiger partial charge in [0, 0.05) is 24.8 Å². The number of para-hydroxylation sites is 1. The normalized spacial score (nSPS) is 10.9. The smallest absolute Gasteiger partial charge is 0.269 e. The third-order valence-electron chi connectivity index (χ3n) is 5.16. The molecule has 4 N–H and O–H groups in total. The zero-order chi connectivity index (χ0) is 26.8. The van der Waals surface area contributed by atoms with E-state index in [9.17, 15) is 22.8 Å². The summed E-state index contributed by atoms with van der Waals surface area (Å²) < 4.78 is 32.8. The summed E-state index contributed by atoms with van der Waals surface area (Å²) in [4.78, 5) is 40.5. The van der Waals surface area contributed by atoms with Gasteiger partial charge in [-0.2, -0.15) is 0 Å². The van der Waals surface area contributed by atoms with E-state index < -0.39 is 27.7 Å². The van der Waals surface area contributed by atoms with Crippen LogP contribution in [0.15, 0.2) is 71.8 Å². The summed E-state index contributed by atoms with van der Waals surface area (Å²) >= 11 is 0. The van der Waals surface area contributed by atoms with E-state index >= 15 is 0 Å². The SMILES string of the molecule is COc1ccccc1CCNC(=O)c1cccc(S(=O)(=O)NC(=O)c2ccc(C(=O)NCCO)nc2)c1. The Morgan fingerprint density at radius 3 is 2.35 bits per heavy atom. The Morgan fingerprint density at radius 2 is 1.65 bits per heavy atom. The van der Waals surface area contributed by atoms with E-state index in [4.69, 9.17) is 9.84 Å². The van der Waals surface area contributed by atoms with Crippen molar-refractivity contribution in [3.63, 3.8) is 0 Å². The highest BCUT2D eigenvalue weighted by Gasteiger charge is 2.21. The monoisotopic (exact) mass is 526 g/mol.